The van der Waals surface area contributed by atoms with Gasteiger partial charge in [-0.15, -0.1) is 0 Å². The molecule has 5 heteroatoms. The summed E-state index contributed by atoms with van der Waals surface area (Å²) in [6.07, 6.45) is 3.37. The SMILES string of the molecule is CCN(CC)C(=O)C1CCC(C(=O)NCCN(C)C)CC1. The van der Waals surface area contributed by atoms with Crippen LogP contribution in [-0.2, 0) is 9.59 Å². The number of hydrogen-bond acceptors (Lipinski definition) is 3. The normalized spacial score (nSPS) is 22.1. The van der Waals surface area contributed by atoms with Crippen LogP contribution in [0.1, 0.15) is 39.5 Å². The van der Waals surface area contributed by atoms with Gasteiger partial charge in [-0.25, -0.2) is 0 Å². The molecule has 0 saturated heterocycles. The molecule has 1 fully saturated rings. The molecule has 2 amide bonds. The zero-order chi connectivity index (χ0) is 15.8. The number of likely N-dealkylation sites (N-methyl/N-ethyl adjacent to an activating group) is 1. The average molecular weight is 297 g/mol. The molecule has 1 rings (SSSR count). The molecule has 0 heterocycles. The van der Waals surface area contributed by atoms with E-state index in [1.165, 1.54) is 0 Å². The van der Waals surface area contributed by atoms with E-state index >= 15 is 0 Å². The molecule has 0 spiro atoms. The monoisotopic (exact) mass is 297 g/mol. The van der Waals surface area contributed by atoms with Gasteiger partial charge >= 0.3 is 0 Å². The molecule has 0 unspecified atom stereocenters. The predicted molar refractivity (Wildman–Crippen MR) is 84.9 cm³/mol. The number of carbonyl (C=O) groups is 2. The van der Waals surface area contributed by atoms with Crippen molar-refractivity contribution in [1.29, 1.82) is 0 Å². The third-order valence-corrected chi connectivity index (χ3v) is 4.38. The van der Waals surface area contributed by atoms with Gasteiger partial charge in [0.1, 0.15) is 0 Å². The zero-order valence-corrected chi connectivity index (χ0v) is 14.0. The molecule has 1 saturated carbocycles. The molecule has 0 aromatic carbocycles. The fourth-order valence-corrected chi connectivity index (χ4v) is 2.94. The van der Waals surface area contributed by atoms with E-state index in [4.69, 9.17) is 0 Å². The van der Waals surface area contributed by atoms with E-state index in [9.17, 15) is 9.59 Å². The molecule has 122 valence electrons. The van der Waals surface area contributed by atoms with Crippen molar-refractivity contribution >= 4 is 11.8 Å². The Bertz CT molecular complexity index is 332. The maximum Gasteiger partial charge on any atom is 0.225 e. The maximum atomic E-state index is 12.3. The van der Waals surface area contributed by atoms with Crippen LogP contribution in [0.5, 0.6) is 0 Å². The summed E-state index contributed by atoms with van der Waals surface area (Å²) in [4.78, 5) is 28.3. The van der Waals surface area contributed by atoms with E-state index in [1.807, 2.05) is 32.8 Å². The Morgan fingerprint density at radius 2 is 1.52 bits per heavy atom. The van der Waals surface area contributed by atoms with Crippen molar-refractivity contribution in [1.82, 2.24) is 15.1 Å². The largest absolute Gasteiger partial charge is 0.355 e. The third kappa shape index (κ3) is 5.65. The summed E-state index contributed by atoms with van der Waals surface area (Å²) < 4.78 is 0. The van der Waals surface area contributed by atoms with E-state index in [0.717, 1.165) is 45.3 Å². The van der Waals surface area contributed by atoms with Crippen LogP contribution in [0, 0.1) is 11.8 Å². The first-order chi connectivity index (χ1) is 9.99. The minimum atomic E-state index is 0.0907. The lowest BCUT2D eigenvalue weighted by Crippen LogP contribution is -2.40. The van der Waals surface area contributed by atoms with Crippen LogP contribution < -0.4 is 5.32 Å². The van der Waals surface area contributed by atoms with Crippen LogP contribution in [0.25, 0.3) is 0 Å². The number of rotatable bonds is 7. The predicted octanol–water partition coefficient (Wildman–Crippen LogP) is 1.34. The Hall–Kier alpha value is -1.10. The van der Waals surface area contributed by atoms with Crippen molar-refractivity contribution in [3.8, 4) is 0 Å². The van der Waals surface area contributed by atoms with E-state index in [0.29, 0.717) is 6.54 Å². The highest BCUT2D eigenvalue weighted by molar-refractivity contribution is 5.81. The van der Waals surface area contributed by atoms with Gasteiger partial charge in [0.15, 0.2) is 0 Å². The molecule has 1 N–H and O–H groups in total. The number of carbonyl (C=O) groups excluding carboxylic acids is 2. The molecular weight excluding hydrogens is 266 g/mol. The standard InChI is InChI=1S/C16H31N3O2/c1-5-19(6-2)16(21)14-9-7-13(8-10-14)15(20)17-11-12-18(3)4/h13-14H,5-12H2,1-4H3,(H,17,20). The van der Waals surface area contributed by atoms with Gasteiger partial charge in [0, 0.05) is 38.0 Å². The minimum Gasteiger partial charge on any atom is -0.355 e. The van der Waals surface area contributed by atoms with Crippen LogP contribution in [0.3, 0.4) is 0 Å². The van der Waals surface area contributed by atoms with Crippen molar-refractivity contribution in [3.05, 3.63) is 0 Å². The maximum absolute atomic E-state index is 12.3. The fraction of sp³-hybridized carbons (Fsp3) is 0.875. The molecule has 21 heavy (non-hydrogen) atoms. The Balaban J connectivity index is 2.34. The van der Waals surface area contributed by atoms with Crippen LogP contribution in [0.2, 0.25) is 0 Å². The van der Waals surface area contributed by atoms with Gasteiger partial charge in [0.25, 0.3) is 0 Å². The summed E-state index contributed by atoms with van der Waals surface area (Å²) in [7, 11) is 3.99. The first kappa shape index (κ1) is 18.0. The lowest BCUT2D eigenvalue weighted by atomic mass is 9.81. The topological polar surface area (TPSA) is 52.7 Å². The molecule has 0 aromatic rings. The summed E-state index contributed by atoms with van der Waals surface area (Å²) in [6, 6.07) is 0. The minimum absolute atomic E-state index is 0.0907. The van der Waals surface area contributed by atoms with E-state index in [2.05, 4.69) is 10.2 Å². The Kier molecular flexibility index (Phi) is 7.72. The molecule has 5 nitrogen and oxygen atoms in total. The Morgan fingerprint density at radius 1 is 1.00 bits per heavy atom. The van der Waals surface area contributed by atoms with Crippen LogP contribution in [0.15, 0.2) is 0 Å². The highest BCUT2D eigenvalue weighted by Crippen LogP contribution is 2.30. The molecule has 1 aliphatic carbocycles. The Labute approximate surface area is 129 Å². The first-order valence-corrected chi connectivity index (χ1v) is 8.20. The molecule has 1 aliphatic rings. The highest BCUT2D eigenvalue weighted by atomic mass is 16.2. The zero-order valence-electron chi connectivity index (χ0n) is 14.0. The number of hydrogen-bond donors (Lipinski definition) is 1. The molecule has 0 aliphatic heterocycles. The third-order valence-electron chi connectivity index (χ3n) is 4.38. The summed E-state index contributed by atoms with van der Waals surface area (Å²) in [5, 5.41) is 3.00. The summed E-state index contributed by atoms with van der Waals surface area (Å²) in [5.74, 6) is 0.640. The fourth-order valence-electron chi connectivity index (χ4n) is 2.94. The van der Waals surface area contributed by atoms with Crippen molar-refractivity contribution in [2.75, 3.05) is 40.3 Å². The lowest BCUT2D eigenvalue weighted by molar-refractivity contribution is -0.138. The second kappa shape index (κ2) is 9.03. The van der Waals surface area contributed by atoms with E-state index < -0.39 is 0 Å². The average Bonchev–Trinajstić information content (AvgIpc) is 2.48. The number of amides is 2. The molecule has 0 radical (unpaired) electrons. The molecule has 0 bridgehead atoms. The van der Waals surface area contributed by atoms with Crippen molar-refractivity contribution in [2.45, 2.75) is 39.5 Å². The highest BCUT2D eigenvalue weighted by Gasteiger charge is 2.31. The lowest BCUT2D eigenvalue weighted by Gasteiger charge is -2.30. The molecule has 0 atom stereocenters. The molecular formula is C16H31N3O2. The number of nitrogens with one attached hydrogen (secondary N) is 1. The second-order valence-corrected chi connectivity index (χ2v) is 6.15. The van der Waals surface area contributed by atoms with Crippen LogP contribution in [-0.4, -0.2) is 61.9 Å². The van der Waals surface area contributed by atoms with E-state index in [1.54, 1.807) is 0 Å². The van der Waals surface area contributed by atoms with Gasteiger partial charge in [0.05, 0.1) is 0 Å². The van der Waals surface area contributed by atoms with Gasteiger partial charge in [-0.05, 0) is 53.6 Å². The summed E-state index contributed by atoms with van der Waals surface area (Å²) >= 11 is 0. The van der Waals surface area contributed by atoms with Gasteiger partial charge in [-0.3, -0.25) is 9.59 Å². The van der Waals surface area contributed by atoms with Crippen molar-refractivity contribution in [3.63, 3.8) is 0 Å². The summed E-state index contributed by atoms with van der Waals surface area (Å²) in [6.45, 7) is 7.16. The van der Waals surface area contributed by atoms with Crippen molar-refractivity contribution in [2.24, 2.45) is 11.8 Å². The number of nitrogens with zero attached hydrogens (tertiary/aromatic N) is 2. The molecule has 0 aromatic heterocycles. The van der Waals surface area contributed by atoms with Crippen LogP contribution >= 0.6 is 0 Å². The smallest absolute Gasteiger partial charge is 0.225 e. The Morgan fingerprint density at radius 3 is 2.00 bits per heavy atom. The summed E-state index contributed by atoms with van der Waals surface area (Å²) in [5.41, 5.74) is 0. The van der Waals surface area contributed by atoms with Crippen molar-refractivity contribution < 1.29 is 9.59 Å². The second-order valence-electron chi connectivity index (χ2n) is 6.15. The van der Waals surface area contributed by atoms with Gasteiger partial charge in [-0.1, -0.05) is 0 Å². The van der Waals surface area contributed by atoms with Gasteiger partial charge < -0.3 is 15.1 Å². The van der Waals surface area contributed by atoms with Crippen LogP contribution in [0.4, 0.5) is 0 Å². The van der Waals surface area contributed by atoms with Gasteiger partial charge in [0.2, 0.25) is 11.8 Å². The first-order valence-electron chi connectivity index (χ1n) is 8.20. The van der Waals surface area contributed by atoms with E-state index in [-0.39, 0.29) is 23.7 Å². The van der Waals surface area contributed by atoms with Gasteiger partial charge in [-0.2, -0.15) is 0 Å². The quantitative estimate of drug-likeness (QED) is 0.771.